The number of esters is 1. The van der Waals surface area contributed by atoms with E-state index in [0.29, 0.717) is 72.3 Å². The zero-order chi connectivity index (χ0) is 33.2. The Morgan fingerprint density at radius 2 is 1.98 bits per heavy atom. The lowest BCUT2D eigenvalue weighted by molar-refractivity contribution is -0.141. The van der Waals surface area contributed by atoms with Gasteiger partial charge in [-0.2, -0.15) is 0 Å². The number of carboxylic acids is 1. The molecule has 2 N–H and O–H groups in total. The van der Waals surface area contributed by atoms with Crippen molar-refractivity contribution in [3.05, 3.63) is 92.8 Å². The van der Waals surface area contributed by atoms with Crippen LogP contribution in [-0.4, -0.2) is 71.5 Å². The van der Waals surface area contributed by atoms with Crippen LogP contribution in [0.5, 0.6) is 0 Å². The fourth-order valence-electron chi connectivity index (χ4n) is 6.76. The first-order chi connectivity index (χ1) is 22.6. The van der Waals surface area contributed by atoms with E-state index in [1.807, 2.05) is 34.5 Å². The number of carboxylic acid groups (broad SMARTS) is 1. The van der Waals surface area contributed by atoms with Crippen LogP contribution in [0.2, 0.25) is 0 Å². The highest BCUT2D eigenvalue weighted by Crippen LogP contribution is 2.38. The number of ether oxygens (including phenoxy) is 1. The molecule has 3 aliphatic heterocycles. The van der Waals surface area contributed by atoms with Gasteiger partial charge in [-0.1, -0.05) is 31.2 Å². The van der Waals surface area contributed by atoms with Gasteiger partial charge in [0.2, 0.25) is 5.91 Å². The maximum Gasteiger partial charge on any atom is 0.338 e. The average Bonchev–Trinajstić information content (AvgIpc) is 3.71. The summed E-state index contributed by atoms with van der Waals surface area (Å²) in [6.07, 6.45) is 2.79. The lowest BCUT2D eigenvalue weighted by atomic mass is 9.87. The van der Waals surface area contributed by atoms with Gasteiger partial charge in [-0.15, -0.1) is 11.3 Å². The quantitative estimate of drug-likeness (QED) is 0.299. The summed E-state index contributed by atoms with van der Waals surface area (Å²) in [5.74, 6) is -1.62. The number of carbonyl (C=O) groups excluding carboxylic acids is 2. The van der Waals surface area contributed by atoms with Crippen LogP contribution >= 0.6 is 11.3 Å². The Balaban J connectivity index is 1.25. The molecule has 4 heterocycles. The number of piperidine rings is 1. The molecular weight excluding hydrogens is 621 g/mol. The Hall–Kier alpha value is -4.42. The fourth-order valence-corrected chi connectivity index (χ4v) is 7.35. The van der Waals surface area contributed by atoms with Crippen LogP contribution in [0.15, 0.2) is 70.3 Å². The van der Waals surface area contributed by atoms with Gasteiger partial charge in [0, 0.05) is 54.4 Å². The van der Waals surface area contributed by atoms with E-state index in [-0.39, 0.29) is 30.2 Å². The molecule has 3 aromatic rings. The molecule has 2 saturated heterocycles. The lowest BCUT2D eigenvalue weighted by Gasteiger charge is -2.36. The molecule has 12 heteroatoms. The molecule has 0 spiro atoms. The molecule has 2 fully saturated rings. The number of carbonyl (C=O) groups is 3. The predicted octanol–water partition coefficient (Wildman–Crippen LogP) is 4.75. The van der Waals surface area contributed by atoms with E-state index in [0.717, 1.165) is 11.3 Å². The molecule has 2 aromatic carbocycles. The highest BCUT2D eigenvalue weighted by atomic mass is 32.1. The molecule has 4 atom stereocenters. The van der Waals surface area contributed by atoms with Crippen LogP contribution in [0.4, 0.5) is 10.1 Å². The van der Waals surface area contributed by atoms with Gasteiger partial charge in [0.15, 0.2) is 10.8 Å². The molecule has 1 aromatic heterocycles. The summed E-state index contributed by atoms with van der Waals surface area (Å²) >= 11 is 1.42. The molecule has 0 radical (unpaired) electrons. The van der Waals surface area contributed by atoms with E-state index in [9.17, 15) is 23.9 Å². The SMILES string of the molecule is CCOC(=O)C1=C(CN2CC[C@@H]3C(=O)N(c4ccc(CC(C)C(=O)O)cc4)C[C@@H]3C2)NC(c2nccs2)=N[C@H]1c1cccc(F)c1C. The molecule has 246 valence electrons. The van der Waals surface area contributed by atoms with Crippen molar-refractivity contribution in [2.24, 2.45) is 22.7 Å². The van der Waals surface area contributed by atoms with Crippen LogP contribution in [0.3, 0.4) is 0 Å². The second-order valence-corrected chi connectivity index (χ2v) is 13.3. The van der Waals surface area contributed by atoms with E-state index >= 15 is 0 Å². The van der Waals surface area contributed by atoms with Gasteiger partial charge in [0.25, 0.3) is 0 Å². The number of hydrogen-bond donors (Lipinski definition) is 2. The second kappa shape index (κ2) is 13.7. The molecule has 0 bridgehead atoms. The smallest absolute Gasteiger partial charge is 0.338 e. The van der Waals surface area contributed by atoms with Crippen molar-refractivity contribution in [3.63, 3.8) is 0 Å². The number of hydrogen-bond acceptors (Lipinski definition) is 9. The number of nitrogens with zero attached hydrogens (tertiary/aromatic N) is 4. The average molecular weight is 660 g/mol. The molecule has 0 saturated carbocycles. The topological polar surface area (TPSA) is 124 Å². The minimum Gasteiger partial charge on any atom is -0.481 e. The Labute approximate surface area is 277 Å². The Kier molecular flexibility index (Phi) is 9.51. The van der Waals surface area contributed by atoms with E-state index in [1.54, 1.807) is 39.1 Å². The first-order valence-corrected chi connectivity index (χ1v) is 16.8. The number of aliphatic imine (C=N–C) groups is 1. The molecule has 3 aliphatic rings. The molecule has 0 aliphatic carbocycles. The Bertz CT molecular complexity index is 1720. The van der Waals surface area contributed by atoms with E-state index < -0.39 is 23.9 Å². The first kappa shape index (κ1) is 32.5. The summed E-state index contributed by atoms with van der Waals surface area (Å²) in [5, 5.41) is 15.1. The van der Waals surface area contributed by atoms with E-state index in [4.69, 9.17) is 9.73 Å². The standard InChI is InChI=1S/C35H38FN5O5S/c1-4-46-35(45)29-28(38-31(32-37-13-15-47-32)39-30(29)25-6-5-7-27(36)21(25)3)19-40-14-12-26-23(17-40)18-41(33(26)42)24-10-8-22(9-11-24)16-20(2)34(43)44/h5-11,13,15,20,23,26,30H,4,12,14,16-19H2,1-3H3,(H,38,39)(H,43,44)/t20?,23-,26-,30-/m0/s1. The van der Waals surface area contributed by atoms with Gasteiger partial charge in [0.05, 0.1) is 18.1 Å². The predicted molar refractivity (Wildman–Crippen MR) is 177 cm³/mol. The molecule has 10 nitrogen and oxygen atoms in total. The number of nitrogens with one attached hydrogen (secondary N) is 1. The monoisotopic (exact) mass is 659 g/mol. The number of halogens is 1. The van der Waals surface area contributed by atoms with Crippen LogP contribution in [0.1, 0.15) is 48.0 Å². The number of amides is 1. The lowest BCUT2D eigenvalue weighted by Crippen LogP contribution is -2.45. The summed E-state index contributed by atoms with van der Waals surface area (Å²) in [7, 11) is 0. The Morgan fingerprint density at radius 1 is 1.19 bits per heavy atom. The van der Waals surface area contributed by atoms with E-state index in [1.165, 1.54) is 17.4 Å². The van der Waals surface area contributed by atoms with Crippen LogP contribution in [0.25, 0.3) is 0 Å². The second-order valence-electron chi connectivity index (χ2n) is 12.4. The van der Waals surface area contributed by atoms with Gasteiger partial charge in [-0.3, -0.25) is 19.5 Å². The van der Waals surface area contributed by atoms with Crippen LogP contribution < -0.4 is 10.2 Å². The highest BCUT2D eigenvalue weighted by molar-refractivity contribution is 7.11. The van der Waals surface area contributed by atoms with Crippen molar-refractivity contribution >= 4 is 40.7 Å². The zero-order valence-corrected chi connectivity index (χ0v) is 27.4. The van der Waals surface area contributed by atoms with Gasteiger partial charge >= 0.3 is 11.9 Å². The van der Waals surface area contributed by atoms with Crippen LogP contribution in [0, 0.1) is 30.5 Å². The number of fused-ring (bicyclic) bond motifs is 1. The normalized spacial score (nSPS) is 22.0. The number of thiazole rings is 1. The largest absolute Gasteiger partial charge is 0.481 e. The summed E-state index contributed by atoms with van der Waals surface area (Å²) in [6.45, 7) is 7.55. The maximum atomic E-state index is 14.8. The molecule has 6 rings (SSSR count). The summed E-state index contributed by atoms with van der Waals surface area (Å²) in [4.78, 5) is 51.8. The third kappa shape index (κ3) is 6.70. The highest BCUT2D eigenvalue weighted by Gasteiger charge is 2.44. The third-order valence-electron chi connectivity index (χ3n) is 9.27. The van der Waals surface area contributed by atoms with Crippen molar-refractivity contribution in [2.75, 3.05) is 37.7 Å². The minimum absolute atomic E-state index is 0.0894. The number of likely N-dealkylation sites (tertiary alicyclic amines) is 1. The molecule has 1 amide bonds. The summed E-state index contributed by atoms with van der Waals surface area (Å²) in [6, 6.07) is 11.6. The van der Waals surface area contributed by atoms with Crippen molar-refractivity contribution < 1.29 is 28.6 Å². The van der Waals surface area contributed by atoms with Gasteiger partial charge in [-0.05, 0) is 68.1 Å². The Morgan fingerprint density at radius 3 is 2.68 bits per heavy atom. The molecule has 47 heavy (non-hydrogen) atoms. The van der Waals surface area contributed by atoms with E-state index in [2.05, 4.69) is 15.2 Å². The van der Waals surface area contributed by atoms with Gasteiger partial charge in [-0.25, -0.2) is 14.2 Å². The number of benzene rings is 2. The van der Waals surface area contributed by atoms with Crippen molar-refractivity contribution in [1.29, 1.82) is 0 Å². The zero-order valence-electron chi connectivity index (χ0n) is 26.6. The number of amidine groups is 1. The van der Waals surface area contributed by atoms with Crippen molar-refractivity contribution in [1.82, 2.24) is 15.2 Å². The number of rotatable bonds is 10. The third-order valence-corrected chi connectivity index (χ3v) is 10.1. The van der Waals surface area contributed by atoms with Crippen molar-refractivity contribution in [2.45, 2.75) is 39.7 Å². The van der Waals surface area contributed by atoms with Crippen LogP contribution in [-0.2, 0) is 25.5 Å². The van der Waals surface area contributed by atoms with Crippen molar-refractivity contribution in [3.8, 4) is 0 Å². The maximum absolute atomic E-state index is 14.8. The number of aromatic nitrogens is 1. The minimum atomic E-state index is -0.836. The molecule has 1 unspecified atom stereocenters. The number of aliphatic carboxylic acids is 1. The molecular formula is C35H38FN5O5S. The fraction of sp³-hybridized carbons (Fsp3) is 0.400. The summed E-state index contributed by atoms with van der Waals surface area (Å²) in [5.41, 5.74) is 3.68. The number of anilines is 1. The first-order valence-electron chi connectivity index (χ1n) is 15.9. The van der Waals surface area contributed by atoms with Gasteiger partial charge in [0.1, 0.15) is 11.9 Å². The van der Waals surface area contributed by atoms with Gasteiger partial charge < -0.3 is 20.1 Å². The summed E-state index contributed by atoms with van der Waals surface area (Å²) < 4.78 is 20.3.